The predicted octanol–water partition coefficient (Wildman–Crippen LogP) is 7.02. The van der Waals surface area contributed by atoms with Crippen molar-refractivity contribution in [2.45, 2.75) is 17.2 Å². The molecule has 14 heteroatoms. The van der Waals surface area contributed by atoms with Crippen molar-refractivity contribution < 1.29 is 39.5 Å². The number of sulfonamides is 1. The summed E-state index contributed by atoms with van der Waals surface area (Å²) in [6.07, 6.45) is -8.99. The highest BCUT2D eigenvalue weighted by atomic mass is 35.5. The van der Waals surface area contributed by atoms with Crippen LogP contribution in [0.5, 0.6) is 11.6 Å². The molecule has 2 aromatic carbocycles. The monoisotopic (exact) mass is 530 g/mol. The Morgan fingerprint density at radius 3 is 2.06 bits per heavy atom. The highest BCUT2D eigenvalue weighted by Gasteiger charge is 2.35. The van der Waals surface area contributed by atoms with Crippen molar-refractivity contribution in [3.63, 3.8) is 0 Å². The normalized spacial score (nSPS) is 12.5. The zero-order valence-corrected chi connectivity index (χ0v) is 18.1. The quantitative estimate of drug-likeness (QED) is 0.360. The number of aromatic nitrogens is 1. The molecule has 0 spiro atoms. The molecular formula is C19H10Cl2F6N2O3S. The second-order valence-corrected chi connectivity index (χ2v) is 8.90. The summed E-state index contributed by atoms with van der Waals surface area (Å²) in [5.74, 6) is -0.408. The Hall–Kier alpha value is -2.70. The lowest BCUT2D eigenvalue weighted by Gasteiger charge is -2.15. The van der Waals surface area contributed by atoms with E-state index in [1.807, 2.05) is 4.72 Å². The Balaban J connectivity index is 1.83. The van der Waals surface area contributed by atoms with Crippen molar-refractivity contribution in [1.82, 2.24) is 4.98 Å². The second kappa shape index (κ2) is 8.92. The lowest BCUT2D eigenvalue weighted by molar-refractivity contribution is -0.138. The van der Waals surface area contributed by atoms with Crippen LogP contribution in [0.1, 0.15) is 11.1 Å². The molecule has 0 aliphatic rings. The standard InChI is InChI=1S/C19H10Cl2F6N2O3S/c20-11-1-6-14(19(25,26)27)16(8-11)29-33(30,31)13-4-2-12(3-5-13)32-17-15(21)7-10(9-28-17)18(22,23)24/h1-9,29H. The molecule has 3 rings (SSSR count). The molecule has 1 heterocycles. The first-order valence-corrected chi connectivity index (χ1v) is 10.8. The predicted molar refractivity (Wildman–Crippen MR) is 108 cm³/mol. The van der Waals surface area contributed by atoms with E-state index < -0.39 is 49.1 Å². The third-order valence-corrected chi connectivity index (χ3v) is 5.90. The highest BCUT2D eigenvalue weighted by molar-refractivity contribution is 7.92. The molecule has 3 aromatic rings. The van der Waals surface area contributed by atoms with E-state index >= 15 is 0 Å². The molecule has 33 heavy (non-hydrogen) atoms. The maximum atomic E-state index is 13.2. The molecule has 0 fully saturated rings. The minimum absolute atomic E-state index is 0.0400. The fourth-order valence-electron chi connectivity index (χ4n) is 2.51. The van der Waals surface area contributed by atoms with E-state index in [-0.39, 0.29) is 16.7 Å². The van der Waals surface area contributed by atoms with Crippen LogP contribution in [0.2, 0.25) is 10.0 Å². The minimum atomic E-state index is -4.84. The average Bonchev–Trinajstić information content (AvgIpc) is 2.68. The number of hydrogen-bond acceptors (Lipinski definition) is 4. The van der Waals surface area contributed by atoms with Crippen molar-refractivity contribution in [2.24, 2.45) is 0 Å². The molecule has 0 atom stereocenters. The number of nitrogens with zero attached hydrogens (tertiary/aromatic N) is 1. The Morgan fingerprint density at radius 1 is 0.879 bits per heavy atom. The zero-order chi connectivity index (χ0) is 24.6. The van der Waals surface area contributed by atoms with Gasteiger partial charge in [0.2, 0.25) is 5.88 Å². The van der Waals surface area contributed by atoms with Crippen LogP contribution in [0.25, 0.3) is 0 Å². The molecule has 0 radical (unpaired) electrons. The summed E-state index contributed by atoms with van der Waals surface area (Å²) in [6.45, 7) is 0. The van der Waals surface area contributed by atoms with Gasteiger partial charge in [0.1, 0.15) is 10.8 Å². The first kappa shape index (κ1) is 24.9. The summed E-state index contributed by atoms with van der Waals surface area (Å²) in [5, 5.41) is -0.561. The summed E-state index contributed by atoms with van der Waals surface area (Å²) < 4.78 is 110. The molecule has 176 valence electrons. The second-order valence-electron chi connectivity index (χ2n) is 6.38. The molecule has 0 aliphatic carbocycles. The van der Waals surface area contributed by atoms with Gasteiger partial charge in [-0.2, -0.15) is 26.3 Å². The van der Waals surface area contributed by atoms with Crippen LogP contribution in [-0.2, 0) is 22.4 Å². The SMILES string of the molecule is O=S(=O)(Nc1cc(Cl)ccc1C(F)(F)F)c1ccc(Oc2ncc(C(F)(F)F)cc2Cl)cc1. The van der Waals surface area contributed by atoms with Crippen LogP contribution in [-0.4, -0.2) is 13.4 Å². The van der Waals surface area contributed by atoms with Gasteiger partial charge in [-0.3, -0.25) is 4.72 Å². The molecule has 1 N–H and O–H groups in total. The number of alkyl halides is 6. The number of ether oxygens (including phenoxy) is 1. The summed E-state index contributed by atoms with van der Waals surface area (Å²) >= 11 is 11.4. The number of hydrogen-bond donors (Lipinski definition) is 1. The van der Waals surface area contributed by atoms with Gasteiger partial charge in [0.15, 0.2) is 0 Å². The van der Waals surface area contributed by atoms with Crippen molar-refractivity contribution in [3.8, 4) is 11.6 Å². The number of benzene rings is 2. The Bertz CT molecular complexity index is 1280. The third-order valence-electron chi connectivity index (χ3n) is 4.01. The highest BCUT2D eigenvalue weighted by Crippen LogP contribution is 2.38. The third kappa shape index (κ3) is 6.01. The van der Waals surface area contributed by atoms with Gasteiger partial charge in [0, 0.05) is 11.2 Å². The van der Waals surface area contributed by atoms with Crippen molar-refractivity contribution in [3.05, 3.63) is 75.9 Å². The van der Waals surface area contributed by atoms with Gasteiger partial charge >= 0.3 is 12.4 Å². The minimum Gasteiger partial charge on any atom is -0.438 e. The maximum absolute atomic E-state index is 13.2. The summed E-state index contributed by atoms with van der Waals surface area (Å²) in [7, 11) is -4.46. The number of pyridine rings is 1. The van der Waals surface area contributed by atoms with Crippen LogP contribution >= 0.6 is 23.2 Å². The molecule has 0 unspecified atom stereocenters. The summed E-state index contributed by atoms with van der Waals surface area (Å²) in [5.41, 5.74) is -3.10. The van der Waals surface area contributed by atoms with Crippen molar-refractivity contribution in [2.75, 3.05) is 4.72 Å². The smallest absolute Gasteiger partial charge is 0.418 e. The van der Waals surface area contributed by atoms with Crippen LogP contribution in [0, 0.1) is 0 Å². The van der Waals surface area contributed by atoms with Gasteiger partial charge in [-0.1, -0.05) is 23.2 Å². The molecule has 5 nitrogen and oxygen atoms in total. The number of halogens is 8. The van der Waals surface area contributed by atoms with Crippen LogP contribution in [0.4, 0.5) is 32.0 Å². The van der Waals surface area contributed by atoms with Crippen molar-refractivity contribution in [1.29, 1.82) is 0 Å². The van der Waals surface area contributed by atoms with E-state index in [4.69, 9.17) is 27.9 Å². The lowest BCUT2D eigenvalue weighted by Crippen LogP contribution is -2.17. The van der Waals surface area contributed by atoms with Crippen molar-refractivity contribution >= 4 is 38.9 Å². The molecule has 0 bridgehead atoms. The van der Waals surface area contributed by atoms with Gasteiger partial charge < -0.3 is 4.74 Å². The van der Waals surface area contributed by atoms with Gasteiger partial charge in [-0.05, 0) is 48.5 Å². The van der Waals surface area contributed by atoms with E-state index in [1.54, 1.807) is 0 Å². The van der Waals surface area contributed by atoms with Crippen LogP contribution < -0.4 is 9.46 Å². The Kier molecular flexibility index (Phi) is 6.74. The van der Waals surface area contributed by atoms with Crippen LogP contribution in [0.15, 0.2) is 59.6 Å². The summed E-state index contributed by atoms with van der Waals surface area (Å²) in [4.78, 5) is 3.06. The molecule has 0 aliphatic heterocycles. The number of rotatable bonds is 5. The number of anilines is 1. The average molecular weight is 531 g/mol. The fraction of sp³-hybridized carbons (Fsp3) is 0.105. The largest absolute Gasteiger partial charge is 0.438 e. The molecular weight excluding hydrogens is 521 g/mol. The number of nitrogens with one attached hydrogen (secondary N) is 1. The topological polar surface area (TPSA) is 68.3 Å². The van der Waals surface area contributed by atoms with E-state index in [9.17, 15) is 34.8 Å². The molecule has 0 saturated heterocycles. The van der Waals surface area contributed by atoms with Gasteiger partial charge in [0.25, 0.3) is 10.0 Å². The molecule has 1 aromatic heterocycles. The van der Waals surface area contributed by atoms with Gasteiger partial charge in [-0.25, -0.2) is 13.4 Å². The zero-order valence-electron chi connectivity index (χ0n) is 15.8. The molecule has 0 saturated carbocycles. The maximum Gasteiger partial charge on any atom is 0.418 e. The van der Waals surface area contributed by atoms with Crippen LogP contribution in [0.3, 0.4) is 0 Å². The summed E-state index contributed by atoms with van der Waals surface area (Å²) in [6, 6.07) is 7.28. The van der Waals surface area contributed by atoms with E-state index in [0.717, 1.165) is 36.4 Å². The van der Waals surface area contributed by atoms with Gasteiger partial charge in [-0.15, -0.1) is 0 Å². The fourth-order valence-corrected chi connectivity index (χ4v) is 3.95. The van der Waals surface area contributed by atoms with E-state index in [1.165, 1.54) is 0 Å². The Morgan fingerprint density at radius 2 is 1.52 bits per heavy atom. The first-order chi connectivity index (χ1) is 15.2. The lowest BCUT2D eigenvalue weighted by atomic mass is 10.2. The first-order valence-electron chi connectivity index (χ1n) is 8.57. The Labute approximate surface area is 193 Å². The molecule has 0 amide bonds. The van der Waals surface area contributed by atoms with E-state index in [0.29, 0.717) is 18.3 Å². The van der Waals surface area contributed by atoms with E-state index in [2.05, 4.69) is 4.98 Å². The van der Waals surface area contributed by atoms with Gasteiger partial charge in [0.05, 0.1) is 21.7 Å².